The van der Waals surface area contributed by atoms with E-state index in [1.54, 1.807) is 4.90 Å². The first-order valence-electron chi connectivity index (χ1n) is 19.3. The quantitative estimate of drug-likeness (QED) is 0.119. The highest BCUT2D eigenvalue weighted by Crippen LogP contribution is 2.65. The number of rotatable bonds is 16. The molecular weight excluding hydrogens is 664 g/mol. The van der Waals surface area contributed by atoms with Crippen LogP contribution in [0.25, 0.3) is 0 Å². The largest absolute Gasteiger partial charge is 0.447 e. The van der Waals surface area contributed by atoms with Gasteiger partial charge >= 0.3 is 12.1 Å². The minimum atomic E-state index is -1.14. The molecular formula is C39H62N6O7. The Hall–Kier alpha value is -3.82. The van der Waals surface area contributed by atoms with Crippen molar-refractivity contribution in [1.82, 2.24) is 31.5 Å². The van der Waals surface area contributed by atoms with Crippen LogP contribution in [-0.4, -0.2) is 90.9 Å². The van der Waals surface area contributed by atoms with E-state index in [0.29, 0.717) is 32.0 Å². The van der Waals surface area contributed by atoms with Crippen LogP contribution in [0, 0.1) is 46.3 Å². The summed E-state index contributed by atoms with van der Waals surface area (Å²) in [5.74, 6) is 0.465. The molecule has 3 aliphatic carbocycles. The van der Waals surface area contributed by atoms with Gasteiger partial charge in [-0.2, -0.15) is 0 Å². The Morgan fingerprint density at radius 3 is 2.23 bits per heavy atom. The van der Waals surface area contributed by atoms with E-state index < -0.39 is 64.7 Å². The van der Waals surface area contributed by atoms with Gasteiger partial charge in [0.25, 0.3) is 5.91 Å². The van der Waals surface area contributed by atoms with Gasteiger partial charge in [0.2, 0.25) is 17.6 Å². The van der Waals surface area contributed by atoms with Gasteiger partial charge in [0, 0.05) is 26.1 Å². The molecule has 0 aromatic carbocycles. The monoisotopic (exact) mass is 726 g/mol. The smallest absolute Gasteiger partial charge is 0.407 e. The number of carbonyl (C=O) groups is 6. The number of likely N-dealkylation sites (tertiary alicyclic amines) is 1. The summed E-state index contributed by atoms with van der Waals surface area (Å²) in [5.41, 5.74) is -1.27. The highest BCUT2D eigenvalue weighted by molar-refractivity contribution is 6.38. The molecule has 0 radical (unpaired) electrons. The van der Waals surface area contributed by atoms with Gasteiger partial charge in [-0.3, -0.25) is 19.2 Å². The third-order valence-electron chi connectivity index (χ3n) is 11.9. The fourth-order valence-corrected chi connectivity index (χ4v) is 8.00. The number of hydrogen-bond donors (Lipinski definition) is 5. The number of urea groups is 1. The van der Waals surface area contributed by atoms with Crippen LogP contribution in [0.3, 0.4) is 0 Å². The number of amides is 6. The van der Waals surface area contributed by atoms with E-state index in [1.165, 1.54) is 0 Å². The molecule has 13 heteroatoms. The van der Waals surface area contributed by atoms with Crippen molar-refractivity contribution in [1.29, 1.82) is 0 Å². The average Bonchev–Trinajstić information content (AvgIpc) is 3.96. The maximum atomic E-state index is 14.8. The summed E-state index contributed by atoms with van der Waals surface area (Å²) < 4.78 is 5.49. The second-order valence-electron chi connectivity index (χ2n) is 17.4. The van der Waals surface area contributed by atoms with Crippen LogP contribution in [0.5, 0.6) is 0 Å². The topological polar surface area (TPSA) is 175 Å². The van der Waals surface area contributed by atoms with Crippen LogP contribution < -0.4 is 26.6 Å². The number of ether oxygens (including phenoxy) is 1. The molecule has 4 aliphatic rings. The molecule has 4 fully saturated rings. The third kappa shape index (κ3) is 9.98. The van der Waals surface area contributed by atoms with Crippen molar-refractivity contribution in [3.63, 3.8) is 0 Å². The molecule has 0 spiro atoms. The number of terminal acetylenes is 1. The lowest BCUT2D eigenvalue weighted by molar-refractivity contribution is -0.146. The standard InChI is InChI=1S/C39H62N6O7/c1-9-11-15-26(30(46)33(48)40-20-10-2)42-32(47)29-28-25(38(28,6)7)22-45(29)34(49)31(39(8)18-13-12-14-19-39)44-35(50)43-27(37(3,4)5)23-52-36(51)41-21-24-16-17-24/h1,24-29,31H,10-23H2,2-8H3,(H,40,48)(H,41,51)(H,42,47)(H2,43,44,50)/t25?,26?,27-,28?,29+,31-/m1/s1. The Kier molecular flexibility index (Phi) is 13.3. The molecule has 5 N–H and O–H groups in total. The normalized spacial score (nSPS) is 24.5. The van der Waals surface area contributed by atoms with Crippen molar-refractivity contribution in [3.8, 4) is 12.3 Å². The van der Waals surface area contributed by atoms with Crippen molar-refractivity contribution in [2.45, 2.75) is 137 Å². The summed E-state index contributed by atoms with van der Waals surface area (Å²) >= 11 is 0. The lowest BCUT2D eigenvalue weighted by atomic mass is 9.70. The second-order valence-corrected chi connectivity index (χ2v) is 17.4. The van der Waals surface area contributed by atoms with Crippen molar-refractivity contribution >= 4 is 35.6 Å². The van der Waals surface area contributed by atoms with Crippen molar-refractivity contribution in [2.75, 3.05) is 26.2 Å². The third-order valence-corrected chi connectivity index (χ3v) is 11.9. The van der Waals surface area contributed by atoms with E-state index in [1.807, 2.05) is 34.6 Å². The van der Waals surface area contributed by atoms with Crippen LogP contribution in [0.15, 0.2) is 0 Å². The lowest BCUT2D eigenvalue weighted by Crippen LogP contribution is -2.63. The zero-order chi connectivity index (χ0) is 38.4. The number of nitrogens with zero attached hydrogens (tertiary/aromatic N) is 1. The molecule has 4 rings (SSSR count). The predicted molar refractivity (Wildman–Crippen MR) is 197 cm³/mol. The van der Waals surface area contributed by atoms with E-state index in [4.69, 9.17) is 11.2 Å². The fourth-order valence-electron chi connectivity index (χ4n) is 8.00. The zero-order valence-electron chi connectivity index (χ0n) is 32.3. The molecule has 1 saturated heterocycles. The van der Waals surface area contributed by atoms with Crippen molar-refractivity contribution in [2.24, 2.45) is 34.0 Å². The van der Waals surface area contributed by atoms with Gasteiger partial charge in [0.1, 0.15) is 18.7 Å². The van der Waals surface area contributed by atoms with E-state index in [-0.39, 0.29) is 42.6 Å². The average molecular weight is 727 g/mol. The number of hydrogen-bond acceptors (Lipinski definition) is 7. The Bertz CT molecular complexity index is 1390. The van der Waals surface area contributed by atoms with Crippen LogP contribution >= 0.6 is 0 Å². The number of fused-ring (bicyclic) bond motifs is 1. The highest BCUT2D eigenvalue weighted by Gasteiger charge is 2.70. The number of piperidine rings is 1. The summed E-state index contributed by atoms with van der Waals surface area (Å²) in [6, 6.07) is -4.08. The first kappa shape index (κ1) is 40.9. The number of nitrogens with one attached hydrogen (secondary N) is 5. The maximum absolute atomic E-state index is 14.8. The van der Waals surface area contributed by atoms with Crippen LogP contribution in [0.4, 0.5) is 9.59 Å². The van der Waals surface area contributed by atoms with E-state index in [0.717, 1.165) is 44.9 Å². The van der Waals surface area contributed by atoms with Gasteiger partial charge in [0.15, 0.2) is 0 Å². The molecule has 52 heavy (non-hydrogen) atoms. The molecule has 1 heterocycles. The molecule has 3 unspecified atom stereocenters. The molecule has 6 atom stereocenters. The second kappa shape index (κ2) is 16.9. The van der Waals surface area contributed by atoms with Crippen molar-refractivity contribution in [3.05, 3.63) is 0 Å². The maximum Gasteiger partial charge on any atom is 0.407 e. The van der Waals surface area contributed by atoms with Crippen molar-refractivity contribution < 1.29 is 33.5 Å². The minimum Gasteiger partial charge on any atom is -0.447 e. The summed E-state index contributed by atoms with van der Waals surface area (Å²) in [6.07, 6.45) is 12.3. The first-order chi connectivity index (χ1) is 24.4. The van der Waals surface area contributed by atoms with Crippen LogP contribution in [0.1, 0.15) is 113 Å². The molecule has 0 aromatic heterocycles. The Balaban J connectivity index is 1.53. The summed E-state index contributed by atoms with van der Waals surface area (Å²) in [5, 5.41) is 14.1. The minimum absolute atomic E-state index is 0.0495. The van der Waals surface area contributed by atoms with Crippen LogP contribution in [-0.2, 0) is 23.9 Å². The number of carbonyl (C=O) groups excluding carboxylic acids is 6. The Morgan fingerprint density at radius 1 is 0.962 bits per heavy atom. The Morgan fingerprint density at radius 2 is 1.63 bits per heavy atom. The predicted octanol–water partition coefficient (Wildman–Crippen LogP) is 3.65. The van der Waals surface area contributed by atoms with Gasteiger partial charge in [0.05, 0.1) is 12.1 Å². The van der Waals surface area contributed by atoms with E-state index in [9.17, 15) is 28.8 Å². The van der Waals surface area contributed by atoms with Gasteiger partial charge in [-0.1, -0.05) is 67.7 Å². The molecule has 13 nitrogen and oxygen atoms in total. The van der Waals surface area contributed by atoms with Gasteiger partial charge in [-0.05, 0) is 72.5 Å². The number of ketones is 1. The Labute approximate surface area is 309 Å². The van der Waals surface area contributed by atoms with Gasteiger partial charge in [-0.25, -0.2) is 9.59 Å². The van der Waals surface area contributed by atoms with Gasteiger partial charge in [-0.15, -0.1) is 12.3 Å². The highest BCUT2D eigenvalue weighted by atomic mass is 16.5. The van der Waals surface area contributed by atoms with Gasteiger partial charge < -0.3 is 36.2 Å². The summed E-state index contributed by atoms with van der Waals surface area (Å²) in [4.78, 5) is 82.5. The SMILES string of the molecule is C#CCCC(NC(=O)[C@@H]1C2C(CN1C(=O)[C@@H](NC(=O)N[C@H](COC(=O)NCC1CC1)C(C)(C)C)C1(C)CCCCC1)C2(C)C)C(=O)C(=O)NCCC. The number of Topliss-reactive ketones (excluding diaryl/α,β-unsaturated/α-hetero) is 1. The molecule has 3 saturated carbocycles. The fraction of sp³-hybridized carbons (Fsp3) is 0.795. The molecule has 6 amide bonds. The molecule has 1 aliphatic heterocycles. The number of alkyl carbamates (subject to hydrolysis) is 1. The summed E-state index contributed by atoms with van der Waals surface area (Å²) in [7, 11) is 0. The van der Waals surface area contributed by atoms with E-state index in [2.05, 4.69) is 46.4 Å². The van der Waals surface area contributed by atoms with E-state index >= 15 is 0 Å². The zero-order valence-corrected chi connectivity index (χ0v) is 32.3. The van der Waals surface area contributed by atoms with Crippen LogP contribution in [0.2, 0.25) is 0 Å². The molecule has 0 aromatic rings. The first-order valence-corrected chi connectivity index (χ1v) is 19.3. The summed E-state index contributed by atoms with van der Waals surface area (Å²) in [6.45, 7) is 15.0. The lowest BCUT2D eigenvalue weighted by Gasteiger charge is -2.43. The molecule has 290 valence electrons. The molecule has 0 bridgehead atoms.